The van der Waals surface area contributed by atoms with Gasteiger partial charge in [0.2, 0.25) is 5.88 Å². The lowest BCUT2D eigenvalue weighted by molar-refractivity contribution is 0.319. The van der Waals surface area contributed by atoms with Gasteiger partial charge in [-0.1, -0.05) is 18.2 Å². The van der Waals surface area contributed by atoms with E-state index in [4.69, 9.17) is 15.2 Å². The van der Waals surface area contributed by atoms with Crippen molar-refractivity contribution in [2.45, 2.75) is 26.3 Å². The Hall–Kier alpha value is -2.07. The van der Waals surface area contributed by atoms with Gasteiger partial charge in [-0.05, 0) is 38.5 Å². The summed E-state index contributed by atoms with van der Waals surface area (Å²) >= 11 is 0. The van der Waals surface area contributed by atoms with Crippen LogP contribution < -0.4 is 15.2 Å². The molecule has 1 aromatic carbocycles. The minimum absolute atomic E-state index is 0.0590. The molecule has 2 aromatic rings. The topological polar surface area (TPSA) is 57.4 Å². The summed E-state index contributed by atoms with van der Waals surface area (Å²) in [5.74, 6) is 1.96. The minimum Gasteiger partial charge on any atom is -0.490 e. The average Bonchev–Trinajstić information content (AvgIpc) is 2.43. The Bertz CT molecular complexity index is 556. The van der Waals surface area contributed by atoms with E-state index in [0.717, 1.165) is 12.0 Å². The van der Waals surface area contributed by atoms with E-state index >= 15 is 0 Å². The number of hydrogen-bond donors (Lipinski definition) is 1. The molecule has 0 fully saturated rings. The summed E-state index contributed by atoms with van der Waals surface area (Å²) in [5, 5.41) is 0. The molecule has 1 heterocycles. The molecule has 4 nitrogen and oxygen atoms in total. The molecule has 2 N–H and O–H groups in total. The molecular weight excluding hydrogens is 252 g/mol. The quantitative estimate of drug-likeness (QED) is 0.877. The monoisotopic (exact) mass is 272 g/mol. The number of para-hydroxylation sites is 2. The summed E-state index contributed by atoms with van der Waals surface area (Å²) in [7, 11) is 0. The second-order valence-electron chi connectivity index (χ2n) is 4.63. The van der Waals surface area contributed by atoms with E-state index in [1.807, 2.05) is 50.2 Å². The molecule has 2 rings (SSSR count). The van der Waals surface area contributed by atoms with Crippen molar-refractivity contribution >= 4 is 0 Å². The first kappa shape index (κ1) is 14.3. The van der Waals surface area contributed by atoms with E-state index in [0.29, 0.717) is 24.0 Å². The van der Waals surface area contributed by atoms with Gasteiger partial charge < -0.3 is 15.2 Å². The van der Waals surface area contributed by atoms with Crippen LogP contribution in [-0.4, -0.2) is 17.6 Å². The molecule has 0 radical (unpaired) electrons. The van der Waals surface area contributed by atoms with E-state index in [9.17, 15) is 0 Å². The second kappa shape index (κ2) is 6.91. The van der Waals surface area contributed by atoms with Gasteiger partial charge in [0.25, 0.3) is 0 Å². The summed E-state index contributed by atoms with van der Waals surface area (Å²) in [6, 6.07) is 11.5. The van der Waals surface area contributed by atoms with Crippen LogP contribution >= 0.6 is 0 Å². The lowest BCUT2D eigenvalue weighted by Gasteiger charge is -2.14. The van der Waals surface area contributed by atoms with E-state index in [2.05, 4.69) is 4.98 Å². The molecule has 0 saturated heterocycles. The van der Waals surface area contributed by atoms with Crippen LogP contribution in [0.25, 0.3) is 0 Å². The lowest BCUT2D eigenvalue weighted by Crippen LogP contribution is -2.18. The zero-order valence-electron chi connectivity index (χ0n) is 11.9. The first-order valence-corrected chi connectivity index (χ1v) is 6.80. The number of aromatic nitrogens is 1. The van der Waals surface area contributed by atoms with Crippen molar-refractivity contribution in [2.24, 2.45) is 5.73 Å². The summed E-state index contributed by atoms with van der Waals surface area (Å²) < 4.78 is 11.5. The summed E-state index contributed by atoms with van der Waals surface area (Å²) in [6.07, 6.45) is 2.43. The molecule has 1 atom stereocenters. The predicted octanol–water partition coefficient (Wildman–Crippen LogP) is 3.16. The molecule has 0 aliphatic rings. The Morgan fingerprint density at radius 1 is 1.15 bits per heavy atom. The van der Waals surface area contributed by atoms with Crippen LogP contribution in [0, 0.1) is 0 Å². The maximum Gasteiger partial charge on any atom is 0.222 e. The fourth-order valence-electron chi connectivity index (χ4n) is 1.93. The molecule has 0 saturated carbocycles. The largest absolute Gasteiger partial charge is 0.490 e. The lowest BCUT2D eigenvalue weighted by atomic mass is 10.1. The molecule has 1 unspecified atom stereocenters. The molecule has 0 bridgehead atoms. The number of benzene rings is 1. The van der Waals surface area contributed by atoms with Gasteiger partial charge in [0.1, 0.15) is 0 Å². The smallest absolute Gasteiger partial charge is 0.222 e. The van der Waals surface area contributed by atoms with Crippen LogP contribution in [0.15, 0.2) is 42.6 Å². The number of ether oxygens (including phenoxy) is 2. The van der Waals surface area contributed by atoms with Gasteiger partial charge in [0.05, 0.1) is 6.61 Å². The first-order valence-electron chi connectivity index (χ1n) is 6.80. The highest BCUT2D eigenvalue weighted by atomic mass is 16.5. The number of pyridine rings is 1. The summed E-state index contributed by atoms with van der Waals surface area (Å²) in [4.78, 5) is 4.29. The van der Waals surface area contributed by atoms with Gasteiger partial charge in [0, 0.05) is 17.8 Å². The Balaban J connectivity index is 2.26. The highest BCUT2D eigenvalue weighted by Crippen LogP contribution is 2.31. The number of rotatable bonds is 6. The van der Waals surface area contributed by atoms with Gasteiger partial charge in [-0.3, -0.25) is 0 Å². The third-order valence-electron chi connectivity index (χ3n) is 2.75. The van der Waals surface area contributed by atoms with E-state index < -0.39 is 0 Å². The molecular formula is C16H20N2O2. The number of hydrogen-bond acceptors (Lipinski definition) is 4. The maximum atomic E-state index is 5.90. The molecule has 4 heteroatoms. The highest BCUT2D eigenvalue weighted by Gasteiger charge is 2.11. The molecule has 0 aliphatic heterocycles. The van der Waals surface area contributed by atoms with Crippen LogP contribution in [0.3, 0.4) is 0 Å². The van der Waals surface area contributed by atoms with Crippen LogP contribution in [0.2, 0.25) is 0 Å². The third-order valence-corrected chi connectivity index (χ3v) is 2.75. The predicted molar refractivity (Wildman–Crippen MR) is 79.3 cm³/mol. The Morgan fingerprint density at radius 3 is 2.60 bits per heavy atom. The fourth-order valence-corrected chi connectivity index (χ4v) is 1.93. The van der Waals surface area contributed by atoms with Crippen molar-refractivity contribution in [1.82, 2.24) is 4.98 Å². The van der Waals surface area contributed by atoms with Gasteiger partial charge in [-0.25, -0.2) is 4.98 Å². The normalized spacial score (nSPS) is 11.9. The minimum atomic E-state index is 0.0590. The summed E-state index contributed by atoms with van der Waals surface area (Å²) in [6.45, 7) is 4.50. The van der Waals surface area contributed by atoms with Gasteiger partial charge >= 0.3 is 0 Å². The maximum absolute atomic E-state index is 5.90. The van der Waals surface area contributed by atoms with Crippen molar-refractivity contribution in [3.05, 3.63) is 48.2 Å². The van der Waals surface area contributed by atoms with E-state index in [-0.39, 0.29) is 6.04 Å². The third kappa shape index (κ3) is 3.71. The zero-order chi connectivity index (χ0) is 14.4. The van der Waals surface area contributed by atoms with Gasteiger partial charge in [-0.2, -0.15) is 0 Å². The Kier molecular flexibility index (Phi) is 4.96. The molecule has 106 valence electrons. The second-order valence-corrected chi connectivity index (χ2v) is 4.63. The summed E-state index contributed by atoms with van der Waals surface area (Å²) in [5.41, 5.74) is 6.85. The Labute approximate surface area is 119 Å². The van der Waals surface area contributed by atoms with Crippen molar-refractivity contribution < 1.29 is 9.47 Å². The van der Waals surface area contributed by atoms with E-state index in [1.165, 1.54) is 0 Å². The standard InChI is InChI=1S/C16H20N2O2/c1-3-19-14-8-4-5-9-15(14)20-16-13(11-12(2)17)7-6-10-18-16/h4-10,12H,3,11,17H2,1-2H3. The fraction of sp³-hybridized carbons (Fsp3) is 0.312. The van der Waals surface area contributed by atoms with Crippen LogP contribution in [0.5, 0.6) is 17.4 Å². The van der Waals surface area contributed by atoms with Crippen molar-refractivity contribution in [3.63, 3.8) is 0 Å². The van der Waals surface area contributed by atoms with Crippen molar-refractivity contribution in [1.29, 1.82) is 0 Å². The molecule has 0 aliphatic carbocycles. The highest BCUT2D eigenvalue weighted by molar-refractivity contribution is 5.43. The van der Waals surface area contributed by atoms with Crippen LogP contribution in [0.1, 0.15) is 19.4 Å². The SMILES string of the molecule is CCOc1ccccc1Oc1ncccc1CC(C)N. The molecule has 0 amide bonds. The zero-order valence-corrected chi connectivity index (χ0v) is 11.9. The van der Waals surface area contributed by atoms with Crippen molar-refractivity contribution in [3.8, 4) is 17.4 Å². The average molecular weight is 272 g/mol. The molecule has 0 spiro atoms. The van der Waals surface area contributed by atoms with Crippen LogP contribution in [-0.2, 0) is 6.42 Å². The first-order chi connectivity index (χ1) is 9.70. The number of nitrogens with zero attached hydrogens (tertiary/aromatic N) is 1. The Morgan fingerprint density at radius 2 is 1.90 bits per heavy atom. The van der Waals surface area contributed by atoms with Gasteiger partial charge in [-0.15, -0.1) is 0 Å². The molecule has 1 aromatic heterocycles. The van der Waals surface area contributed by atoms with Gasteiger partial charge in [0.15, 0.2) is 11.5 Å². The van der Waals surface area contributed by atoms with Crippen molar-refractivity contribution in [2.75, 3.05) is 6.61 Å². The van der Waals surface area contributed by atoms with E-state index in [1.54, 1.807) is 6.20 Å². The number of nitrogens with two attached hydrogens (primary N) is 1. The molecule has 20 heavy (non-hydrogen) atoms. The van der Waals surface area contributed by atoms with Crippen LogP contribution in [0.4, 0.5) is 0 Å².